The molecular weight excluding hydrogens is 342 g/mol. The fourth-order valence-corrected chi connectivity index (χ4v) is 3.06. The number of para-hydroxylation sites is 2. The predicted octanol–water partition coefficient (Wildman–Crippen LogP) is 3.95. The molecule has 0 bridgehead atoms. The summed E-state index contributed by atoms with van der Waals surface area (Å²) in [5.41, 5.74) is 0.891. The Morgan fingerprint density at radius 1 is 1.00 bits per heavy atom. The minimum Gasteiger partial charge on any atom is -0.496 e. The van der Waals surface area contributed by atoms with Gasteiger partial charge in [-0.3, -0.25) is 4.79 Å². The number of carbonyl (C=O) groups is 1. The molecule has 3 aromatic rings. The van der Waals surface area contributed by atoms with Crippen LogP contribution in [0.4, 0.5) is 5.69 Å². The van der Waals surface area contributed by atoms with Gasteiger partial charge < -0.3 is 14.8 Å². The third kappa shape index (κ3) is 3.46. The number of nitrogens with zero attached hydrogens (tertiary/aromatic N) is 2. The second-order valence-corrected chi connectivity index (χ2v) is 6.41. The Kier molecular flexibility index (Phi) is 4.46. The standard InChI is InChI=1S/C21H19N3O3/c1-26-18-10-6-5-9-17(18)21(11-12-21)19(25)24-15-13-22-20(23-14-15)27-16-7-3-2-4-8-16/h2-10,13-14H,11-12H2,1H3,(H,24,25). The van der Waals surface area contributed by atoms with Crippen LogP contribution in [0.2, 0.25) is 0 Å². The van der Waals surface area contributed by atoms with Gasteiger partial charge in [-0.2, -0.15) is 0 Å². The molecule has 2 aromatic carbocycles. The molecule has 0 spiro atoms. The molecule has 0 unspecified atom stereocenters. The number of aromatic nitrogens is 2. The van der Waals surface area contributed by atoms with Gasteiger partial charge in [0.2, 0.25) is 5.91 Å². The van der Waals surface area contributed by atoms with Crippen LogP contribution in [0, 0.1) is 0 Å². The van der Waals surface area contributed by atoms with Crippen LogP contribution in [0.3, 0.4) is 0 Å². The van der Waals surface area contributed by atoms with Crippen LogP contribution in [-0.4, -0.2) is 23.0 Å². The maximum absolute atomic E-state index is 12.9. The average Bonchev–Trinajstić information content (AvgIpc) is 3.52. The van der Waals surface area contributed by atoms with Crippen molar-refractivity contribution in [2.45, 2.75) is 18.3 Å². The summed E-state index contributed by atoms with van der Waals surface area (Å²) in [6, 6.07) is 17.2. The summed E-state index contributed by atoms with van der Waals surface area (Å²) >= 11 is 0. The van der Waals surface area contributed by atoms with Gasteiger partial charge in [0.15, 0.2) is 0 Å². The first-order valence-electron chi connectivity index (χ1n) is 8.71. The number of amides is 1. The number of nitrogens with one attached hydrogen (secondary N) is 1. The lowest BCUT2D eigenvalue weighted by Crippen LogP contribution is -2.28. The van der Waals surface area contributed by atoms with Crippen LogP contribution in [-0.2, 0) is 10.2 Å². The monoisotopic (exact) mass is 361 g/mol. The van der Waals surface area contributed by atoms with Crippen molar-refractivity contribution in [2.24, 2.45) is 0 Å². The van der Waals surface area contributed by atoms with Crippen LogP contribution in [0.5, 0.6) is 17.5 Å². The van der Waals surface area contributed by atoms with Crippen molar-refractivity contribution in [3.05, 3.63) is 72.6 Å². The molecule has 1 heterocycles. The zero-order chi connectivity index (χ0) is 18.7. The fourth-order valence-electron chi connectivity index (χ4n) is 3.06. The van der Waals surface area contributed by atoms with Crippen molar-refractivity contribution < 1.29 is 14.3 Å². The molecule has 6 heteroatoms. The first-order chi connectivity index (χ1) is 13.2. The highest BCUT2D eigenvalue weighted by Crippen LogP contribution is 2.51. The quantitative estimate of drug-likeness (QED) is 0.720. The minimum atomic E-state index is -0.550. The molecule has 0 atom stereocenters. The SMILES string of the molecule is COc1ccccc1C1(C(=O)Nc2cnc(Oc3ccccc3)nc2)CC1. The largest absolute Gasteiger partial charge is 0.496 e. The Hall–Kier alpha value is -3.41. The molecule has 0 aliphatic heterocycles. The molecule has 0 saturated heterocycles. The van der Waals surface area contributed by atoms with Crippen molar-refractivity contribution in [3.63, 3.8) is 0 Å². The highest BCUT2D eigenvalue weighted by molar-refractivity contribution is 6.01. The van der Waals surface area contributed by atoms with Crippen LogP contribution in [0.1, 0.15) is 18.4 Å². The number of ether oxygens (including phenoxy) is 2. The molecule has 4 rings (SSSR count). The van der Waals surface area contributed by atoms with E-state index in [1.807, 2.05) is 54.6 Å². The second kappa shape index (κ2) is 7.07. The molecule has 1 aromatic heterocycles. The van der Waals surface area contributed by atoms with Gasteiger partial charge in [0.25, 0.3) is 0 Å². The molecule has 6 nitrogen and oxygen atoms in total. The third-order valence-electron chi connectivity index (χ3n) is 4.65. The Labute approximate surface area is 157 Å². The maximum atomic E-state index is 12.9. The first-order valence-corrected chi connectivity index (χ1v) is 8.71. The molecule has 1 fully saturated rings. The molecule has 0 radical (unpaired) electrons. The molecule has 136 valence electrons. The Morgan fingerprint density at radius 3 is 2.33 bits per heavy atom. The number of hydrogen-bond donors (Lipinski definition) is 1. The van der Waals surface area contributed by atoms with Crippen molar-refractivity contribution >= 4 is 11.6 Å². The normalized spacial score (nSPS) is 14.3. The summed E-state index contributed by atoms with van der Waals surface area (Å²) in [7, 11) is 1.62. The highest BCUT2D eigenvalue weighted by atomic mass is 16.5. The van der Waals surface area contributed by atoms with Crippen LogP contribution in [0.25, 0.3) is 0 Å². The molecule has 1 saturated carbocycles. The van der Waals surface area contributed by atoms with Gasteiger partial charge in [0.05, 0.1) is 30.6 Å². The number of methoxy groups -OCH3 is 1. The fraction of sp³-hybridized carbons (Fsp3) is 0.190. The Bertz CT molecular complexity index is 938. The van der Waals surface area contributed by atoms with Gasteiger partial charge in [-0.15, -0.1) is 0 Å². The Balaban J connectivity index is 1.47. The average molecular weight is 361 g/mol. The summed E-state index contributed by atoms with van der Waals surface area (Å²) in [4.78, 5) is 21.2. The van der Waals surface area contributed by atoms with Gasteiger partial charge in [0, 0.05) is 5.56 Å². The van der Waals surface area contributed by atoms with Crippen molar-refractivity contribution in [2.75, 3.05) is 12.4 Å². The van der Waals surface area contributed by atoms with E-state index in [-0.39, 0.29) is 11.9 Å². The summed E-state index contributed by atoms with van der Waals surface area (Å²) in [6.07, 6.45) is 4.66. The summed E-state index contributed by atoms with van der Waals surface area (Å²) in [5, 5.41) is 2.91. The third-order valence-corrected chi connectivity index (χ3v) is 4.65. The molecule has 1 N–H and O–H groups in total. The van der Waals surface area contributed by atoms with E-state index in [9.17, 15) is 4.79 Å². The molecule has 1 aliphatic rings. The Morgan fingerprint density at radius 2 is 1.67 bits per heavy atom. The zero-order valence-corrected chi connectivity index (χ0v) is 14.9. The van der Waals surface area contributed by atoms with Crippen molar-refractivity contribution in [1.29, 1.82) is 0 Å². The van der Waals surface area contributed by atoms with E-state index in [1.165, 1.54) is 0 Å². The van der Waals surface area contributed by atoms with Crippen LogP contribution in [0.15, 0.2) is 67.0 Å². The lowest BCUT2D eigenvalue weighted by molar-refractivity contribution is -0.118. The van der Waals surface area contributed by atoms with Gasteiger partial charge in [0.1, 0.15) is 11.5 Å². The van der Waals surface area contributed by atoms with E-state index >= 15 is 0 Å². The lowest BCUT2D eigenvalue weighted by atomic mass is 9.94. The van der Waals surface area contributed by atoms with Gasteiger partial charge in [-0.25, -0.2) is 9.97 Å². The van der Waals surface area contributed by atoms with Crippen molar-refractivity contribution in [3.8, 4) is 17.5 Å². The number of benzene rings is 2. The van der Waals surface area contributed by atoms with E-state index in [1.54, 1.807) is 19.5 Å². The molecular formula is C21H19N3O3. The van der Waals surface area contributed by atoms with Crippen molar-refractivity contribution in [1.82, 2.24) is 9.97 Å². The molecule has 1 amide bonds. The maximum Gasteiger partial charge on any atom is 0.322 e. The van der Waals surface area contributed by atoms with E-state index in [0.717, 1.165) is 24.2 Å². The molecule has 1 aliphatic carbocycles. The van der Waals surface area contributed by atoms with E-state index in [4.69, 9.17) is 9.47 Å². The highest BCUT2D eigenvalue weighted by Gasteiger charge is 2.52. The van der Waals surface area contributed by atoms with Gasteiger partial charge in [-0.05, 0) is 31.0 Å². The summed E-state index contributed by atoms with van der Waals surface area (Å²) < 4.78 is 11.0. The number of hydrogen-bond acceptors (Lipinski definition) is 5. The summed E-state index contributed by atoms with van der Waals surface area (Å²) in [5.74, 6) is 1.31. The number of rotatable bonds is 6. The van der Waals surface area contributed by atoms with Gasteiger partial charge >= 0.3 is 6.01 Å². The topological polar surface area (TPSA) is 73.3 Å². The van der Waals surface area contributed by atoms with Gasteiger partial charge in [-0.1, -0.05) is 36.4 Å². The number of anilines is 1. The predicted molar refractivity (Wildman–Crippen MR) is 101 cm³/mol. The van der Waals surface area contributed by atoms with Crippen LogP contribution < -0.4 is 14.8 Å². The van der Waals surface area contributed by atoms with E-state index < -0.39 is 5.41 Å². The second-order valence-electron chi connectivity index (χ2n) is 6.41. The minimum absolute atomic E-state index is 0.0765. The smallest absolute Gasteiger partial charge is 0.322 e. The lowest BCUT2D eigenvalue weighted by Gasteiger charge is -2.18. The van der Waals surface area contributed by atoms with E-state index in [0.29, 0.717) is 11.4 Å². The summed E-state index contributed by atoms with van der Waals surface area (Å²) in [6.45, 7) is 0. The zero-order valence-electron chi connectivity index (χ0n) is 14.9. The first kappa shape index (κ1) is 17.0. The van der Waals surface area contributed by atoms with E-state index in [2.05, 4.69) is 15.3 Å². The van der Waals surface area contributed by atoms with Crippen LogP contribution >= 0.6 is 0 Å². The number of carbonyl (C=O) groups excluding carboxylic acids is 1. The molecule has 27 heavy (non-hydrogen) atoms.